The van der Waals surface area contributed by atoms with E-state index in [0.717, 1.165) is 18.4 Å². The van der Waals surface area contributed by atoms with Gasteiger partial charge in [-0.25, -0.2) is 4.39 Å². The molecule has 1 amide bonds. The second kappa shape index (κ2) is 4.83. The maximum absolute atomic E-state index is 13.0. The Hall–Kier alpha value is -1.58. The molecule has 1 aromatic rings. The molecule has 0 radical (unpaired) electrons. The zero-order valence-electron chi connectivity index (χ0n) is 10.9. The molecule has 0 spiro atoms. The Morgan fingerprint density at radius 1 is 1.32 bits per heavy atom. The van der Waals surface area contributed by atoms with Gasteiger partial charge in [-0.05, 0) is 61.6 Å². The summed E-state index contributed by atoms with van der Waals surface area (Å²) in [5, 5.41) is 2.97. The number of hydrogen-bond donors (Lipinski definition) is 2. The van der Waals surface area contributed by atoms with E-state index in [9.17, 15) is 9.18 Å². The van der Waals surface area contributed by atoms with Gasteiger partial charge in [0.2, 0.25) is 0 Å². The quantitative estimate of drug-likeness (QED) is 0.801. The topological polar surface area (TPSA) is 55.1 Å². The average Bonchev–Trinajstić information content (AvgIpc) is 3.26. The molecule has 2 aliphatic rings. The normalized spacial score (nSPS) is 18.6. The molecule has 1 aromatic carbocycles. The summed E-state index contributed by atoms with van der Waals surface area (Å²) in [6.45, 7) is 0.742. The van der Waals surface area contributed by atoms with Crippen molar-refractivity contribution in [3.05, 3.63) is 29.6 Å². The van der Waals surface area contributed by atoms with Crippen LogP contribution < -0.4 is 11.1 Å². The van der Waals surface area contributed by atoms with Crippen LogP contribution in [-0.2, 0) is 0 Å². The Bertz CT molecular complexity index is 483. The average molecular weight is 262 g/mol. The van der Waals surface area contributed by atoms with E-state index in [-0.39, 0.29) is 11.6 Å². The smallest absolute Gasteiger partial charge is 0.251 e. The van der Waals surface area contributed by atoms with Gasteiger partial charge in [-0.2, -0.15) is 0 Å². The van der Waals surface area contributed by atoms with Gasteiger partial charge in [0.25, 0.3) is 5.91 Å². The zero-order valence-corrected chi connectivity index (χ0v) is 10.9. The van der Waals surface area contributed by atoms with Crippen LogP contribution in [0.25, 0.3) is 0 Å². The molecule has 0 saturated heterocycles. The number of carbonyl (C=O) groups excluding carboxylic acids is 1. The van der Waals surface area contributed by atoms with Gasteiger partial charge < -0.3 is 11.1 Å². The summed E-state index contributed by atoms with van der Waals surface area (Å²) in [6.07, 6.45) is 5.22. The Kier molecular flexibility index (Phi) is 3.17. The van der Waals surface area contributed by atoms with Crippen molar-refractivity contribution in [3.8, 4) is 0 Å². The van der Waals surface area contributed by atoms with E-state index in [1.165, 1.54) is 43.9 Å². The molecule has 0 atom stereocenters. The molecule has 2 saturated carbocycles. The van der Waals surface area contributed by atoms with Crippen LogP contribution in [-0.4, -0.2) is 12.5 Å². The highest BCUT2D eigenvalue weighted by atomic mass is 19.1. The molecule has 3 nitrogen and oxygen atoms in total. The summed E-state index contributed by atoms with van der Waals surface area (Å²) < 4.78 is 13.0. The van der Waals surface area contributed by atoms with Crippen LogP contribution in [0.2, 0.25) is 0 Å². The monoisotopic (exact) mass is 262 g/mol. The van der Waals surface area contributed by atoms with Gasteiger partial charge in [-0.1, -0.05) is 0 Å². The lowest BCUT2D eigenvalue weighted by Gasteiger charge is -2.16. The fraction of sp³-hybridized carbons (Fsp3) is 0.533. The largest absolute Gasteiger partial charge is 0.396 e. The molecule has 0 aliphatic heterocycles. The van der Waals surface area contributed by atoms with Crippen molar-refractivity contribution in [2.24, 2.45) is 17.8 Å². The number of rotatable bonds is 5. The molecule has 3 N–H and O–H groups in total. The van der Waals surface area contributed by atoms with Gasteiger partial charge in [-0.15, -0.1) is 0 Å². The van der Waals surface area contributed by atoms with E-state index >= 15 is 0 Å². The van der Waals surface area contributed by atoms with Crippen molar-refractivity contribution in [1.29, 1.82) is 0 Å². The lowest BCUT2D eigenvalue weighted by molar-refractivity contribution is 0.0943. The first-order chi connectivity index (χ1) is 9.15. The van der Waals surface area contributed by atoms with Crippen molar-refractivity contribution >= 4 is 11.6 Å². The van der Waals surface area contributed by atoms with E-state index in [1.807, 2.05) is 0 Å². The molecule has 0 unspecified atom stereocenters. The lowest BCUT2D eigenvalue weighted by atomic mass is 9.98. The van der Waals surface area contributed by atoms with Gasteiger partial charge in [0.05, 0.1) is 5.69 Å². The van der Waals surface area contributed by atoms with Crippen LogP contribution in [0.1, 0.15) is 36.0 Å². The summed E-state index contributed by atoms with van der Waals surface area (Å²) in [6, 6.07) is 4.11. The molecule has 0 aromatic heterocycles. The van der Waals surface area contributed by atoms with Crippen LogP contribution in [0.5, 0.6) is 0 Å². The molecule has 2 aliphatic carbocycles. The molecule has 3 rings (SSSR count). The van der Waals surface area contributed by atoms with Crippen molar-refractivity contribution in [2.75, 3.05) is 12.3 Å². The third-order valence-electron chi connectivity index (χ3n) is 4.21. The van der Waals surface area contributed by atoms with Gasteiger partial charge in [0.15, 0.2) is 0 Å². The number of benzene rings is 1. The molecule has 102 valence electrons. The Labute approximate surface area is 112 Å². The predicted octanol–water partition coefficient (Wildman–Crippen LogP) is 2.57. The molecular formula is C15H19FN2O. The second-order valence-electron chi connectivity index (χ2n) is 5.79. The van der Waals surface area contributed by atoms with Crippen molar-refractivity contribution in [1.82, 2.24) is 5.32 Å². The third kappa shape index (κ3) is 2.88. The van der Waals surface area contributed by atoms with Crippen molar-refractivity contribution in [2.45, 2.75) is 25.7 Å². The summed E-state index contributed by atoms with van der Waals surface area (Å²) in [5.41, 5.74) is 5.93. The summed E-state index contributed by atoms with van der Waals surface area (Å²) in [4.78, 5) is 12.0. The van der Waals surface area contributed by atoms with Crippen LogP contribution in [0.15, 0.2) is 18.2 Å². The van der Waals surface area contributed by atoms with Gasteiger partial charge in [0.1, 0.15) is 5.82 Å². The van der Waals surface area contributed by atoms with E-state index in [2.05, 4.69) is 5.32 Å². The van der Waals surface area contributed by atoms with E-state index in [4.69, 9.17) is 5.73 Å². The highest BCUT2D eigenvalue weighted by molar-refractivity contribution is 5.95. The number of carbonyl (C=O) groups is 1. The second-order valence-corrected chi connectivity index (χ2v) is 5.79. The van der Waals surface area contributed by atoms with Crippen LogP contribution in [0, 0.1) is 23.6 Å². The van der Waals surface area contributed by atoms with Crippen LogP contribution in [0.4, 0.5) is 10.1 Å². The lowest BCUT2D eigenvalue weighted by Crippen LogP contribution is -2.31. The fourth-order valence-corrected chi connectivity index (χ4v) is 2.76. The summed E-state index contributed by atoms with van der Waals surface area (Å²) >= 11 is 0. The number of anilines is 1. The Morgan fingerprint density at radius 3 is 2.47 bits per heavy atom. The Balaban J connectivity index is 1.59. The maximum Gasteiger partial charge on any atom is 0.251 e. The highest BCUT2D eigenvalue weighted by Crippen LogP contribution is 2.48. The number of nitrogens with two attached hydrogens (primary N) is 1. The number of nitrogen functional groups attached to an aromatic ring is 1. The number of nitrogens with one attached hydrogen (secondary N) is 1. The first-order valence-electron chi connectivity index (χ1n) is 6.98. The first-order valence-corrected chi connectivity index (χ1v) is 6.98. The number of hydrogen-bond acceptors (Lipinski definition) is 2. The van der Waals surface area contributed by atoms with E-state index < -0.39 is 5.82 Å². The highest BCUT2D eigenvalue weighted by Gasteiger charge is 2.41. The zero-order chi connectivity index (χ0) is 13.4. The standard InChI is InChI=1S/C15H19FN2O/c16-13-6-5-11(7-14(13)17)15(19)18-8-12(9-1-2-9)10-3-4-10/h5-7,9-10,12H,1-4,8,17H2,(H,18,19). The van der Waals surface area contributed by atoms with Gasteiger partial charge in [-0.3, -0.25) is 4.79 Å². The van der Waals surface area contributed by atoms with E-state index in [1.54, 1.807) is 0 Å². The first kappa shape index (κ1) is 12.5. The van der Waals surface area contributed by atoms with Crippen molar-refractivity contribution in [3.63, 3.8) is 0 Å². The van der Waals surface area contributed by atoms with Gasteiger partial charge >= 0.3 is 0 Å². The fourth-order valence-electron chi connectivity index (χ4n) is 2.76. The molecule has 0 heterocycles. The molecular weight excluding hydrogens is 243 g/mol. The van der Waals surface area contributed by atoms with Crippen LogP contribution >= 0.6 is 0 Å². The number of amides is 1. The third-order valence-corrected chi connectivity index (χ3v) is 4.21. The maximum atomic E-state index is 13.0. The molecule has 4 heteroatoms. The number of halogens is 1. The molecule has 2 fully saturated rings. The minimum absolute atomic E-state index is 0.0218. The van der Waals surface area contributed by atoms with Gasteiger partial charge in [0, 0.05) is 12.1 Å². The Morgan fingerprint density at radius 2 is 1.95 bits per heavy atom. The predicted molar refractivity (Wildman–Crippen MR) is 72.1 cm³/mol. The molecule has 0 bridgehead atoms. The summed E-state index contributed by atoms with van der Waals surface area (Å²) in [5.74, 6) is 1.63. The SMILES string of the molecule is Nc1cc(C(=O)NCC(C2CC2)C2CC2)ccc1F. The summed E-state index contributed by atoms with van der Waals surface area (Å²) in [7, 11) is 0. The minimum Gasteiger partial charge on any atom is -0.396 e. The van der Waals surface area contributed by atoms with Crippen LogP contribution in [0.3, 0.4) is 0 Å². The van der Waals surface area contributed by atoms with E-state index in [0.29, 0.717) is 11.5 Å². The minimum atomic E-state index is -0.481. The van der Waals surface area contributed by atoms with Crippen molar-refractivity contribution < 1.29 is 9.18 Å². The molecule has 19 heavy (non-hydrogen) atoms.